The lowest BCUT2D eigenvalue weighted by atomic mass is 10.1. The van der Waals surface area contributed by atoms with Gasteiger partial charge in [0.2, 0.25) is 16.4 Å². The molecule has 1 amide bonds. The molecule has 1 aromatic heterocycles. The minimum Gasteiger partial charge on any atom is -0.497 e. The van der Waals surface area contributed by atoms with Crippen LogP contribution in [-0.4, -0.2) is 32.8 Å². The van der Waals surface area contributed by atoms with Gasteiger partial charge >= 0.3 is 0 Å². The number of hydrogen-bond donors (Lipinski definition) is 1. The van der Waals surface area contributed by atoms with Crippen molar-refractivity contribution in [2.75, 3.05) is 13.7 Å². The molecule has 0 aliphatic carbocycles. The summed E-state index contributed by atoms with van der Waals surface area (Å²) in [5.74, 6) is 0.587. The Kier molecular flexibility index (Phi) is 4.86. The average Bonchev–Trinajstić information content (AvgIpc) is 3.08. The zero-order valence-electron chi connectivity index (χ0n) is 12.8. The molecule has 9 heteroatoms. The molecular formula is C15H16N2O5S2. The van der Waals surface area contributed by atoms with Crippen LogP contribution in [-0.2, 0) is 26.2 Å². The van der Waals surface area contributed by atoms with Crippen molar-refractivity contribution in [2.45, 2.75) is 17.5 Å². The number of ether oxygens (including phenoxy) is 1. The van der Waals surface area contributed by atoms with Crippen molar-refractivity contribution in [3.05, 3.63) is 46.2 Å². The average molecular weight is 368 g/mol. The van der Waals surface area contributed by atoms with Gasteiger partial charge in [0.15, 0.2) is 0 Å². The van der Waals surface area contributed by atoms with E-state index < -0.39 is 16.1 Å². The second kappa shape index (κ2) is 6.89. The maximum Gasteiger partial charge on any atom is 0.243 e. The number of sulfonamides is 1. The molecule has 1 unspecified atom stereocenters. The molecule has 2 heterocycles. The third-order valence-electron chi connectivity index (χ3n) is 3.74. The van der Waals surface area contributed by atoms with Crippen molar-refractivity contribution < 1.29 is 22.8 Å². The number of thiophene rings is 1. The molecule has 0 spiro atoms. The molecule has 0 radical (unpaired) electrons. The summed E-state index contributed by atoms with van der Waals surface area (Å²) in [5, 5.41) is 1.88. The molecule has 0 bridgehead atoms. The Labute approximate surface area is 143 Å². The van der Waals surface area contributed by atoms with Crippen LogP contribution in [0.2, 0.25) is 0 Å². The van der Waals surface area contributed by atoms with Crippen LogP contribution in [0.5, 0.6) is 5.75 Å². The lowest BCUT2D eigenvalue weighted by molar-refractivity contribution is -0.126. The monoisotopic (exact) mass is 368 g/mol. The zero-order chi connectivity index (χ0) is 17.2. The summed E-state index contributed by atoms with van der Waals surface area (Å²) in [5.41, 5.74) is 3.04. The Morgan fingerprint density at radius 3 is 2.71 bits per heavy atom. The van der Waals surface area contributed by atoms with E-state index in [1.165, 1.54) is 34.9 Å². The number of benzene rings is 1. The summed E-state index contributed by atoms with van der Waals surface area (Å²) < 4.78 is 32.2. The van der Waals surface area contributed by atoms with Gasteiger partial charge in [-0.05, 0) is 41.3 Å². The van der Waals surface area contributed by atoms with Gasteiger partial charge < -0.3 is 4.74 Å². The fourth-order valence-corrected chi connectivity index (χ4v) is 4.92. The maximum atomic E-state index is 12.9. The van der Waals surface area contributed by atoms with Crippen molar-refractivity contribution in [1.82, 2.24) is 9.79 Å². The summed E-state index contributed by atoms with van der Waals surface area (Å²) in [7, 11) is -2.16. The van der Waals surface area contributed by atoms with Crippen molar-refractivity contribution in [2.24, 2.45) is 0 Å². The van der Waals surface area contributed by atoms with E-state index in [0.717, 1.165) is 10.4 Å². The van der Waals surface area contributed by atoms with Crippen LogP contribution in [0, 0.1) is 0 Å². The molecule has 1 aliphatic rings. The van der Waals surface area contributed by atoms with E-state index in [4.69, 9.17) is 9.57 Å². The van der Waals surface area contributed by atoms with E-state index in [2.05, 4.69) is 5.48 Å². The lowest BCUT2D eigenvalue weighted by Crippen LogP contribution is -2.39. The molecular weight excluding hydrogens is 352 g/mol. The highest BCUT2D eigenvalue weighted by Gasteiger charge is 2.35. The largest absolute Gasteiger partial charge is 0.497 e. The molecule has 24 heavy (non-hydrogen) atoms. The minimum absolute atomic E-state index is 0.128. The van der Waals surface area contributed by atoms with Crippen molar-refractivity contribution in [1.29, 1.82) is 0 Å². The van der Waals surface area contributed by atoms with Crippen molar-refractivity contribution in [3.8, 4) is 5.75 Å². The SMILES string of the molecule is COc1ccc(S(=O)(=O)N2Cc3ccsc3C(ONC=O)C2)cc1. The molecule has 3 rings (SSSR count). The van der Waals surface area contributed by atoms with Crippen LogP contribution in [0.1, 0.15) is 16.5 Å². The number of carbonyl (C=O) groups is 1. The van der Waals surface area contributed by atoms with Gasteiger partial charge in [-0.1, -0.05) is 0 Å². The van der Waals surface area contributed by atoms with Crippen LogP contribution in [0.4, 0.5) is 0 Å². The quantitative estimate of drug-likeness (QED) is 0.619. The van der Waals surface area contributed by atoms with E-state index in [9.17, 15) is 13.2 Å². The first-order valence-corrected chi connectivity index (χ1v) is 9.43. The van der Waals surface area contributed by atoms with Gasteiger partial charge in [0.25, 0.3) is 0 Å². The first-order valence-electron chi connectivity index (χ1n) is 7.11. The molecule has 1 N–H and O–H groups in total. The van der Waals surface area contributed by atoms with Crippen molar-refractivity contribution >= 4 is 27.8 Å². The number of fused-ring (bicyclic) bond motifs is 1. The zero-order valence-corrected chi connectivity index (χ0v) is 14.5. The Hall–Kier alpha value is -1.94. The van der Waals surface area contributed by atoms with Gasteiger partial charge in [-0.2, -0.15) is 4.31 Å². The lowest BCUT2D eigenvalue weighted by Gasteiger charge is -2.31. The number of methoxy groups -OCH3 is 1. The van der Waals surface area contributed by atoms with E-state index >= 15 is 0 Å². The molecule has 0 saturated heterocycles. The molecule has 1 atom stereocenters. The smallest absolute Gasteiger partial charge is 0.243 e. The molecule has 1 aliphatic heterocycles. The van der Waals surface area contributed by atoms with Crippen LogP contribution in [0.15, 0.2) is 40.6 Å². The third-order valence-corrected chi connectivity index (χ3v) is 6.62. The number of carbonyl (C=O) groups excluding carboxylic acids is 1. The predicted molar refractivity (Wildman–Crippen MR) is 87.9 cm³/mol. The van der Waals surface area contributed by atoms with E-state index in [0.29, 0.717) is 12.2 Å². The number of hydrogen-bond acceptors (Lipinski definition) is 6. The number of hydroxylamine groups is 1. The van der Waals surface area contributed by atoms with E-state index in [-0.39, 0.29) is 18.0 Å². The van der Waals surface area contributed by atoms with Gasteiger partial charge in [0.1, 0.15) is 11.9 Å². The highest BCUT2D eigenvalue weighted by molar-refractivity contribution is 7.89. The minimum atomic E-state index is -3.68. The predicted octanol–water partition coefficient (Wildman–Crippen LogP) is 1.68. The third kappa shape index (κ3) is 3.16. The molecule has 0 fully saturated rings. The summed E-state index contributed by atoms with van der Waals surface area (Å²) >= 11 is 1.48. The molecule has 0 saturated carbocycles. The number of nitrogens with one attached hydrogen (secondary N) is 1. The Bertz CT molecular complexity index is 817. The van der Waals surface area contributed by atoms with Crippen LogP contribution in [0.25, 0.3) is 0 Å². The number of nitrogens with zero attached hydrogens (tertiary/aromatic N) is 1. The van der Waals surface area contributed by atoms with E-state index in [1.54, 1.807) is 12.1 Å². The standard InChI is InChI=1S/C15H16N2O5S2/c1-21-12-2-4-13(5-3-12)24(19,20)17-8-11-6-7-23-15(11)14(9-17)22-16-10-18/h2-7,10,14H,8-9H2,1H3,(H,16,18). The second-order valence-corrected chi connectivity index (χ2v) is 8.01. The maximum absolute atomic E-state index is 12.9. The fraction of sp³-hybridized carbons (Fsp3) is 0.267. The summed E-state index contributed by atoms with van der Waals surface area (Å²) in [6, 6.07) is 8.10. The summed E-state index contributed by atoms with van der Waals surface area (Å²) in [6.45, 7) is 0.400. The normalized spacial score (nSPS) is 18.0. The number of amides is 1. The van der Waals surface area contributed by atoms with Crippen molar-refractivity contribution in [3.63, 3.8) is 0 Å². The van der Waals surface area contributed by atoms with Crippen LogP contribution >= 0.6 is 11.3 Å². The van der Waals surface area contributed by atoms with Gasteiger partial charge in [-0.3, -0.25) is 9.63 Å². The fourth-order valence-electron chi connectivity index (χ4n) is 2.56. The Balaban J connectivity index is 1.89. The van der Waals surface area contributed by atoms with E-state index in [1.807, 2.05) is 11.4 Å². The second-order valence-electron chi connectivity index (χ2n) is 5.13. The summed E-state index contributed by atoms with van der Waals surface area (Å²) in [4.78, 5) is 16.9. The Morgan fingerprint density at radius 2 is 2.04 bits per heavy atom. The molecule has 1 aromatic carbocycles. The first kappa shape index (κ1) is 16.9. The molecule has 128 valence electrons. The Morgan fingerprint density at radius 1 is 1.29 bits per heavy atom. The highest BCUT2D eigenvalue weighted by Crippen LogP contribution is 2.35. The molecule has 2 aromatic rings. The van der Waals surface area contributed by atoms with Crippen LogP contribution in [0.3, 0.4) is 0 Å². The van der Waals surface area contributed by atoms with Gasteiger partial charge in [-0.25, -0.2) is 13.9 Å². The highest BCUT2D eigenvalue weighted by atomic mass is 32.2. The van der Waals surface area contributed by atoms with Crippen LogP contribution < -0.4 is 10.2 Å². The van der Waals surface area contributed by atoms with Gasteiger partial charge in [-0.15, -0.1) is 11.3 Å². The first-order chi connectivity index (χ1) is 11.6. The topological polar surface area (TPSA) is 84.9 Å². The summed E-state index contributed by atoms with van der Waals surface area (Å²) in [6.07, 6.45) is -0.114. The van der Waals surface area contributed by atoms with Gasteiger partial charge in [0.05, 0.1) is 12.0 Å². The molecule has 7 nitrogen and oxygen atoms in total. The number of rotatable bonds is 6. The van der Waals surface area contributed by atoms with Gasteiger partial charge in [0, 0.05) is 18.0 Å².